The second-order valence-electron chi connectivity index (χ2n) is 20.9. The fourth-order valence-corrected chi connectivity index (χ4v) is 11.9. The van der Waals surface area contributed by atoms with E-state index in [1.807, 2.05) is 56.3 Å². The number of fused-ring (bicyclic) bond motifs is 2. The molecule has 4 aromatic carbocycles. The van der Waals surface area contributed by atoms with Crippen LogP contribution in [0.15, 0.2) is 77.6 Å². The molecule has 5 atom stereocenters. The zero-order chi connectivity index (χ0) is 49.3. The quantitative estimate of drug-likeness (QED) is 0.0775. The van der Waals surface area contributed by atoms with Crippen LogP contribution in [0.2, 0.25) is 0 Å². The van der Waals surface area contributed by atoms with Crippen molar-refractivity contribution in [3.8, 4) is 11.8 Å². The van der Waals surface area contributed by atoms with Crippen molar-refractivity contribution < 1.29 is 24.6 Å². The molecule has 5 fully saturated rings. The molecule has 15 heteroatoms. The molecule has 0 bridgehead atoms. The van der Waals surface area contributed by atoms with Gasteiger partial charge in [0.15, 0.2) is 0 Å². The van der Waals surface area contributed by atoms with Crippen molar-refractivity contribution in [1.29, 1.82) is 0 Å². The molecule has 5 saturated heterocycles. The van der Waals surface area contributed by atoms with Crippen LogP contribution < -0.4 is 31.9 Å². The number of amides is 3. The number of nitrogens with one attached hydrogen (secondary N) is 4. The lowest BCUT2D eigenvalue weighted by atomic mass is 9.90. The number of aliphatic hydroxyl groups is 2. The monoisotopic (exact) mass is 964 g/mol. The number of carbonyl (C=O) groups is 3. The van der Waals surface area contributed by atoms with Crippen molar-refractivity contribution in [2.24, 2.45) is 24.8 Å². The average Bonchev–Trinajstić information content (AvgIpc) is 3.90. The number of benzene rings is 4. The number of nitrogens with zero attached hydrogens (tertiary/aromatic N) is 5. The third-order valence-corrected chi connectivity index (χ3v) is 16.2. The number of imidazole rings is 1. The van der Waals surface area contributed by atoms with E-state index in [4.69, 9.17) is 0 Å². The van der Waals surface area contributed by atoms with Crippen LogP contribution in [-0.2, 0) is 16.6 Å². The summed E-state index contributed by atoms with van der Waals surface area (Å²) in [6.07, 6.45) is 5.65. The zero-order valence-corrected chi connectivity index (χ0v) is 41.3. The van der Waals surface area contributed by atoms with Gasteiger partial charge in [-0.1, -0.05) is 48.2 Å². The zero-order valence-electron chi connectivity index (χ0n) is 41.3. The smallest absolute Gasteiger partial charge is 0.329 e. The van der Waals surface area contributed by atoms with E-state index in [1.54, 1.807) is 11.6 Å². The molecular formula is C56H69N9O6. The van der Waals surface area contributed by atoms with Gasteiger partial charge in [-0.25, -0.2) is 4.79 Å². The van der Waals surface area contributed by atoms with Gasteiger partial charge < -0.3 is 36.0 Å². The van der Waals surface area contributed by atoms with Crippen LogP contribution in [-0.4, -0.2) is 124 Å². The molecule has 0 radical (unpaired) electrons. The van der Waals surface area contributed by atoms with Gasteiger partial charge in [-0.3, -0.25) is 33.7 Å². The minimum absolute atomic E-state index is 0.100. The Morgan fingerprint density at radius 1 is 0.845 bits per heavy atom. The van der Waals surface area contributed by atoms with E-state index in [1.165, 1.54) is 4.57 Å². The molecule has 10 rings (SSSR count). The molecule has 15 nitrogen and oxygen atoms in total. The predicted octanol–water partition coefficient (Wildman–Crippen LogP) is 5.03. The van der Waals surface area contributed by atoms with Crippen molar-refractivity contribution in [2.75, 3.05) is 69.1 Å². The highest BCUT2D eigenvalue weighted by molar-refractivity contribution is 6.00. The molecule has 5 aromatic rings. The van der Waals surface area contributed by atoms with Gasteiger partial charge in [0.1, 0.15) is 12.3 Å². The molecule has 5 aliphatic heterocycles. The number of aryl methyl sites for hydroxylation is 2. The molecule has 71 heavy (non-hydrogen) atoms. The van der Waals surface area contributed by atoms with E-state index in [-0.39, 0.29) is 41.9 Å². The minimum Gasteiger partial charge on any atom is -0.390 e. The van der Waals surface area contributed by atoms with Gasteiger partial charge >= 0.3 is 5.69 Å². The number of imide groups is 1. The first kappa shape index (κ1) is 48.6. The van der Waals surface area contributed by atoms with E-state index in [0.717, 1.165) is 129 Å². The highest BCUT2D eigenvalue weighted by atomic mass is 16.3. The Morgan fingerprint density at radius 2 is 1.61 bits per heavy atom. The van der Waals surface area contributed by atoms with Crippen molar-refractivity contribution in [3.05, 3.63) is 106 Å². The maximum absolute atomic E-state index is 13.7. The van der Waals surface area contributed by atoms with Crippen LogP contribution in [0.5, 0.6) is 0 Å². The van der Waals surface area contributed by atoms with Crippen molar-refractivity contribution >= 4 is 50.9 Å². The Hall–Kier alpha value is -6.02. The topological polar surface area (TPSA) is 176 Å². The van der Waals surface area contributed by atoms with E-state index in [0.29, 0.717) is 42.4 Å². The number of carbonyl (C=O) groups excluding carboxylic acids is 3. The summed E-state index contributed by atoms with van der Waals surface area (Å²) in [5.74, 6) is 7.50. The molecule has 374 valence electrons. The van der Waals surface area contributed by atoms with Gasteiger partial charge in [-0.15, -0.1) is 0 Å². The molecule has 5 aliphatic rings. The molecule has 0 spiro atoms. The van der Waals surface area contributed by atoms with Crippen LogP contribution in [0.3, 0.4) is 0 Å². The van der Waals surface area contributed by atoms with Crippen LogP contribution in [0.25, 0.3) is 21.8 Å². The van der Waals surface area contributed by atoms with Gasteiger partial charge in [-0.05, 0) is 136 Å². The van der Waals surface area contributed by atoms with Crippen LogP contribution >= 0.6 is 0 Å². The number of rotatable bonds is 11. The highest BCUT2D eigenvalue weighted by Gasteiger charge is 2.35. The summed E-state index contributed by atoms with van der Waals surface area (Å²) in [4.78, 5) is 58.6. The summed E-state index contributed by atoms with van der Waals surface area (Å²) in [5, 5.41) is 36.2. The summed E-state index contributed by atoms with van der Waals surface area (Å²) in [7, 11) is 1.73. The first-order valence-corrected chi connectivity index (χ1v) is 25.9. The lowest BCUT2D eigenvalue weighted by Gasteiger charge is -2.42. The molecule has 3 amide bonds. The predicted molar refractivity (Wildman–Crippen MR) is 277 cm³/mol. The molecule has 1 aromatic heterocycles. The number of aliphatic hydroxyl groups excluding tert-OH is 2. The first-order valence-electron chi connectivity index (χ1n) is 25.9. The number of likely N-dealkylation sites (tertiary alicyclic amines) is 2. The summed E-state index contributed by atoms with van der Waals surface area (Å²) in [6.45, 7) is 11.8. The lowest BCUT2D eigenvalue weighted by molar-refractivity contribution is -0.135. The van der Waals surface area contributed by atoms with Crippen molar-refractivity contribution in [2.45, 2.75) is 95.7 Å². The van der Waals surface area contributed by atoms with Crippen LogP contribution in [0.1, 0.15) is 97.4 Å². The summed E-state index contributed by atoms with van der Waals surface area (Å²) >= 11 is 0. The second kappa shape index (κ2) is 21.0. The Labute approximate surface area is 415 Å². The Kier molecular flexibility index (Phi) is 14.4. The number of β-amino-alcohol motifs (C(OH)–C–C–N with tert-alkyl or cyclic N) is 1. The number of piperidine rings is 4. The largest absolute Gasteiger partial charge is 0.390 e. The van der Waals surface area contributed by atoms with E-state index < -0.39 is 24.3 Å². The fourth-order valence-electron chi connectivity index (χ4n) is 11.9. The fraction of sp³-hybridized carbons (Fsp3) is 0.500. The van der Waals surface area contributed by atoms with Crippen LogP contribution in [0, 0.1) is 36.5 Å². The maximum atomic E-state index is 13.7. The summed E-state index contributed by atoms with van der Waals surface area (Å²) in [5.41, 5.74) is 6.57. The highest BCUT2D eigenvalue weighted by Crippen LogP contribution is 2.33. The summed E-state index contributed by atoms with van der Waals surface area (Å²) in [6, 6.07) is 23.2. The molecule has 0 aliphatic carbocycles. The summed E-state index contributed by atoms with van der Waals surface area (Å²) < 4.78 is 3.11. The lowest BCUT2D eigenvalue weighted by Crippen LogP contribution is -2.49. The van der Waals surface area contributed by atoms with E-state index >= 15 is 0 Å². The SMILES string of the molecule is Cc1ccc(N[C@H]2CNC[C@H]2O)cc1C(=O)N[C@H](C)c1ccc(C#CC2CCN(CC3CCN(C(O)C4CCN(c5ccc6c(c5)n(C)c(=O)n6C5CCC(=O)NC5=O)CC4)CC3)CC2)c2ccccc12. The van der Waals surface area contributed by atoms with Gasteiger partial charge in [-0.2, -0.15) is 0 Å². The normalized spacial score (nSPS) is 23.1. The Bertz CT molecular complexity index is 2910. The average molecular weight is 964 g/mol. The first-order chi connectivity index (χ1) is 34.4. The van der Waals surface area contributed by atoms with E-state index in [2.05, 4.69) is 78.1 Å². The van der Waals surface area contributed by atoms with E-state index in [9.17, 15) is 29.4 Å². The molecule has 6 N–H and O–H groups in total. The van der Waals surface area contributed by atoms with Gasteiger partial charge in [0, 0.05) is 93.6 Å². The van der Waals surface area contributed by atoms with Gasteiger partial charge in [0.05, 0.1) is 29.2 Å². The van der Waals surface area contributed by atoms with Gasteiger partial charge in [0.2, 0.25) is 11.8 Å². The Morgan fingerprint density at radius 3 is 2.34 bits per heavy atom. The third kappa shape index (κ3) is 10.4. The van der Waals surface area contributed by atoms with Crippen molar-refractivity contribution in [1.82, 2.24) is 34.9 Å². The van der Waals surface area contributed by atoms with Crippen LogP contribution in [0.4, 0.5) is 11.4 Å². The third-order valence-electron chi connectivity index (χ3n) is 16.2. The Balaban J connectivity index is 0.676. The molecule has 2 unspecified atom stereocenters. The number of aromatic nitrogens is 2. The number of anilines is 2. The number of hydrogen-bond acceptors (Lipinski definition) is 11. The number of hydrogen-bond donors (Lipinski definition) is 6. The minimum atomic E-state index is -0.706. The van der Waals surface area contributed by atoms with Gasteiger partial charge in [0.25, 0.3) is 5.91 Å². The molecule has 6 heterocycles. The molecule has 0 saturated carbocycles. The maximum Gasteiger partial charge on any atom is 0.329 e. The van der Waals surface area contributed by atoms with Crippen molar-refractivity contribution in [3.63, 3.8) is 0 Å². The second-order valence-corrected chi connectivity index (χ2v) is 20.9. The molecular weight excluding hydrogens is 895 g/mol. The standard InChI is InChI=1S/C56H69N9O6/c1-35-8-12-41(59-47-32-57-33-51(47)66)30-46(35)53(68)58-36(2)43-14-11-39(44-6-4-5-7-45(43)44)10-9-37-18-24-62(25-19-37)34-38-20-26-64(27-21-38)55(70)40-22-28-63(29-23-40)42-13-15-48-50(31-42)61(3)56(71)65(48)49-16-17-52(67)60-54(49)69/h4-8,11-15,30-31,36-38,40,47,49,51,55,57,59,66,70H,16-29,32-34H2,1-3H3,(H,58,68)(H,60,67,69)/t36-,47+,49?,51-,55?/m1/s1.